The van der Waals surface area contributed by atoms with Gasteiger partial charge in [0.15, 0.2) is 11.5 Å². The summed E-state index contributed by atoms with van der Waals surface area (Å²) < 4.78 is 12.5. The summed E-state index contributed by atoms with van der Waals surface area (Å²) in [6.07, 6.45) is 0. The highest BCUT2D eigenvalue weighted by Crippen LogP contribution is 2.35. The molecule has 2 aromatic rings. The number of rotatable bonds is 10. The van der Waals surface area contributed by atoms with Gasteiger partial charge in [0.25, 0.3) is 0 Å². The van der Waals surface area contributed by atoms with Gasteiger partial charge >= 0.3 is 5.97 Å². The molecule has 2 rings (SSSR count). The molecule has 152 valence electrons. The van der Waals surface area contributed by atoms with E-state index >= 15 is 0 Å². The second-order valence-corrected chi connectivity index (χ2v) is 7.91. The summed E-state index contributed by atoms with van der Waals surface area (Å²) in [4.78, 5) is 11.4. The lowest BCUT2D eigenvalue weighted by Crippen LogP contribution is -2.40. The Kier molecular flexibility index (Phi) is 8.60. The van der Waals surface area contributed by atoms with Gasteiger partial charge in [-0.2, -0.15) is 0 Å². The lowest BCUT2D eigenvalue weighted by molar-refractivity contribution is -0.140. The molecule has 2 aromatic carbocycles. The van der Waals surface area contributed by atoms with Crippen LogP contribution in [0.15, 0.2) is 40.9 Å². The van der Waals surface area contributed by atoms with Gasteiger partial charge in [0.05, 0.1) is 6.61 Å². The molecule has 1 unspecified atom stereocenters. The standard InChI is InChI=1S/C21H25BrClNO4/c1-4-27-18-9-15(11-24-20(13(2)3)21(25)26)16(22)10-19(18)28-12-14-7-5-6-8-17(14)23/h5-10,13,20,24H,4,11-12H2,1-3H3,(H,25,26). The number of benzene rings is 2. The molecular weight excluding hydrogens is 446 g/mol. The van der Waals surface area contributed by atoms with E-state index in [1.807, 2.05) is 57.2 Å². The predicted octanol–water partition coefficient (Wildman–Crippen LogP) is 5.28. The van der Waals surface area contributed by atoms with Gasteiger partial charge in [-0.05, 0) is 36.6 Å². The number of carboxylic acid groups (broad SMARTS) is 1. The molecule has 0 spiro atoms. The van der Waals surface area contributed by atoms with Gasteiger partial charge < -0.3 is 19.9 Å². The molecular formula is C21H25BrClNO4. The van der Waals surface area contributed by atoms with Crippen molar-refractivity contribution >= 4 is 33.5 Å². The van der Waals surface area contributed by atoms with E-state index in [0.29, 0.717) is 36.3 Å². The Hall–Kier alpha value is -1.76. The molecule has 0 aliphatic rings. The molecule has 0 aliphatic heterocycles. The maximum Gasteiger partial charge on any atom is 0.320 e. The quantitative estimate of drug-likeness (QED) is 0.494. The molecule has 5 nitrogen and oxygen atoms in total. The summed E-state index contributed by atoms with van der Waals surface area (Å²) in [5.41, 5.74) is 1.77. The number of halogens is 2. The van der Waals surface area contributed by atoms with Crippen LogP contribution in [0.5, 0.6) is 11.5 Å². The van der Waals surface area contributed by atoms with E-state index in [9.17, 15) is 9.90 Å². The van der Waals surface area contributed by atoms with Crippen molar-refractivity contribution in [1.82, 2.24) is 5.32 Å². The van der Waals surface area contributed by atoms with Gasteiger partial charge in [-0.15, -0.1) is 0 Å². The van der Waals surface area contributed by atoms with E-state index in [4.69, 9.17) is 21.1 Å². The van der Waals surface area contributed by atoms with Crippen molar-refractivity contribution in [2.45, 2.75) is 40.0 Å². The van der Waals surface area contributed by atoms with Gasteiger partial charge in [-0.1, -0.05) is 59.6 Å². The topological polar surface area (TPSA) is 67.8 Å². The average molecular weight is 471 g/mol. The van der Waals surface area contributed by atoms with E-state index < -0.39 is 12.0 Å². The Morgan fingerprint density at radius 3 is 2.46 bits per heavy atom. The molecule has 0 aliphatic carbocycles. The minimum absolute atomic E-state index is 0.0270. The lowest BCUT2D eigenvalue weighted by Gasteiger charge is -2.20. The van der Waals surface area contributed by atoms with E-state index in [1.165, 1.54) is 0 Å². The molecule has 0 radical (unpaired) electrons. The van der Waals surface area contributed by atoms with Crippen molar-refractivity contribution in [3.63, 3.8) is 0 Å². The van der Waals surface area contributed by atoms with Crippen LogP contribution < -0.4 is 14.8 Å². The van der Waals surface area contributed by atoms with Crippen LogP contribution in [0.3, 0.4) is 0 Å². The first-order valence-electron chi connectivity index (χ1n) is 9.11. The van der Waals surface area contributed by atoms with Crippen molar-refractivity contribution in [2.24, 2.45) is 5.92 Å². The van der Waals surface area contributed by atoms with Crippen LogP contribution in [0.25, 0.3) is 0 Å². The molecule has 0 aromatic heterocycles. The largest absolute Gasteiger partial charge is 0.490 e. The van der Waals surface area contributed by atoms with Gasteiger partial charge in [-0.25, -0.2) is 0 Å². The summed E-state index contributed by atoms with van der Waals surface area (Å²) in [5.74, 6) is 0.304. The Morgan fingerprint density at radius 1 is 1.18 bits per heavy atom. The third-order valence-corrected chi connectivity index (χ3v) is 5.31. The zero-order valence-corrected chi connectivity index (χ0v) is 18.5. The zero-order chi connectivity index (χ0) is 20.7. The Morgan fingerprint density at radius 2 is 1.86 bits per heavy atom. The number of carboxylic acids is 1. The lowest BCUT2D eigenvalue weighted by atomic mass is 10.0. The van der Waals surface area contributed by atoms with Crippen molar-refractivity contribution in [1.29, 1.82) is 0 Å². The monoisotopic (exact) mass is 469 g/mol. The maximum absolute atomic E-state index is 11.4. The van der Waals surface area contributed by atoms with E-state index in [1.54, 1.807) is 0 Å². The van der Waals surface area contributed by atoms with E-state index in [2.05, 4.69) is 21.2 Å². The molecule has 0 saturated carbocycles. The summed E-state index contributed by atoms with van der Waals surface area (Å²) in [6.45, 7) is 6.84. The van der Waals surface area contributed by atoms with Crippen LogP contribution in [-0.4, -0.2) is 23.7 Å². The molecule has 0 bridgehead atoms. The third kappa shape index (κ3) is 6.12. The molecule has 1 atom stereocenters. The summed E-state index contributed by atoms with van der Waals surface area (Å²) >= 11 is 9.74. The first-order chi connectivity index (χ1) is 13.3. The van der Waals surface area contributed by atoms with Crippen LogP contribution in [0.2, 0.25) is 5.02 Å². The van der Waals surface area contributed by atoms with Crippen LogP contribution >= 0.6 is 27.5 Å². The van der Waals surface area contributed by atoms with Crippen molar-refractivity contribution in [2.75, 3.05) is 6.61 Å². The molecule has 2 N–H and O–H groups in total. The second kappa shape index (κ2) is 10.7. The Bertz CT molecular complexity index is 813. The van der Waals surface area contributed by atoms with Gasteiger partial charge in [0.1, 0.15) is 12.6 Å². The fraction of sp³-hybridized carbons (Fsp3) is 0.381. The predicted molar refractivity (Wildman–Crippen MR) is 114 cm³/mol. The summed E-state index contributed by atoms with van der Waals surface area (Å²) in [5, 5.41) is 13.1. The summed E-state index contributed by atoms with van der Waals surface area (Å²) in [6, 6.07) is 10.6. The van der Waals surface area contributed by atoms with Crippen LogP contribution in [0.1, 0.15) is 31.9 Å². The Labute approximate surface area is 179 Å². The number of carbonyl (C=O) groups is 1. The second-order valence-electron chi connectivity index (χ2n) is 6.64. The first kappa shape index (κ1) is 22.5. The van der Waals surface area contributed by atoms with E-state index in [0.717, 1.165) is 15.6 Å². The Balaban J connectivity index is 2.18. The normalized spacial score (nSPS) is 12.1. The number of hydrogen-bond donors (Lipinski definition) is 2. The molecule has 28 heavy (non-hydrogen) atoms. The molecule has 0 saturated heterocycles. The number of nitrogens with one attached hydrogen (secondary N) is 1. The fourth-order valence-electron chi connectivity index (χ4n) is 2.69. The highest BCUT2D eigenvalue weighted by molar-refractivity contribution is 9.10. The summed E-state index contributed by atoms with van der Waals surface area (Å²) in [7, 11) is 0. The van der Waals surface area contributed by atoms with Gasteiger partial charge in [0.2, 0.25) is 0 Å². The van der Waals surface area contributed by atoms with Crippen molar-refractivity contribution in [3.05, 3.63) is 57.0 Å². The average Bonchev–Trinajstić information content (AvgIpc) is 2.63. The highest BCUT2D eigenvalue weighted by atomic mass is 79.9. The van der Waals surface area contributed by atoms with Crippen LogP contribution in [0.4, 0.5) is 0 Å². The third-order valence-electron chi connectivity index (χ3n) is 4.20. The minimum atomic E-state index is -0.865. The SMILES string of the molecule is CCOc1cc(CNC(C(=O)O)C(C)C)c(Br)cc1OCc1ccccc1Cl. The van der Waals surface area contributed by atoms with Crippen LogP contribution in [0, 0.1) is 5.92 Å². The molecule has 7 heteroatoms. The zero-order valence-electron chi connectivity index (χ0n) is 16.2. The van der Waals surface area contributed by atoms with Crippen LogP contribution in [-0.2, 0) is 17.9 Å². The number of aliphatic carboxylic acids is 1. The van der Waals surface area contributed by atoms with E-state index in [-0.39, 0.29) is 5.92 Å². The molecule has 0 heterocycles. The first-order valence-corrected chi connectivity index (χ1v) is 10.3. The highest BCUT2D eigenvalue weighted by Gasteiger charge is 2.21. The van der Waals surface area contributed by atoms with Crippen molar-refractivity contribution in [3.8, 4) is 11.5 Å². The minimum Gasteiger partial charge on any atom is -0.490 e. The van der Waals surface area contributed by atoms with Gasteiger partial charge in [-0.3, -0.25) is 4.79 Å². The van der Waals surface area contributed by atoms with Gasteiger partial charge in [0, 0.05) is 21.6 Å². The number of hydrogen-bond acceptors (Lipinski definition) is 4. The van der Waals surface area contributed by atoms with Crippen molar-refractivity contribution < 1.29 is 19.4 Å². The number of ether oxygens (including phenoxy) is 2. The molecule has 0 fully saturated rings. The fourth-order valence-corrected chi connectivity index (χ4v) is 3.35. The molecule has 0 amide bonds. The smallest absolute Gasteiger partial charge is 0.320 e. The maximum atomic E-state index is 11.4.